The minimum atomic E-state index is -0.290. The summed E-state index contributed by atoms with van der Waals surface area (Å²) in [4.78, 5) is 9.14. The SMILES string of the molecule is COc1ccc(CNc2nc(/C(C)=N/N(Cc3ccon3)Cc3ccccc3F)ncc2C)cc1. The maximum absolute atomic E-state index is 14.3. The smallest absolute Gasteiger partial charge is 0.177 e. The molecule has 0 fully saturated rings. The number of nitrogens with zero attached hydrogens (tertiary/aromatic N) is 5. The second-order valence-electron chi connectivity index (χ2n) is 8.02. The summed E-state index contributed by atoms with van der Waals surface area (Å²) in [7, 11) is 1.64. The number of hydrogen-bond donors (Lipinski definition) is 1. The molecule has 0 unspecified atom stereocenters. The van der Waals surface area contributed by atoms with Crippen LogP contribution >= 0.6 is 0 Å². The molecule has 0 aliphatic heterocycles. The molecule has 0 aliphatic carbocycles. The Bertz CT molecular complexity index is 1280. The summed E-state index contributed by atoms with van der Waals surface area (Å²) >= 11 is 0. The van der Waals surface area contributed by atoms with Crippen LogP contribution in [0.2, 0.25) is 0 Å². The van der Waals surface area contributed by atoms with E-state index >= 15 is 0 Å². The molecule has 9 heteroatoms. The van der Waals surface area contributed by atoms with Gasteiger partial charge in [-0.3, -0.25) is 5.01 Å². The van der Waals surface area contributed by atoms with Gasteiger partial charge in [-0.2, -0.15) is 5.10 Å². The molecule has 2 aromatic carbocycles. The third-order valence-corrected chi connectivity index (χ3v) is 5.35. The summed E-state index contributed by atoms with van der Waals surface area (Å²) < 4.78 is 24.5. The molecule has 0 atom stereocenters. The van der Waals surface area contributed by atoms with Crippen molar-refractivity contribution in [2.24, 2.45) is 5.10 Å². The summed E-state index contributed by atoms with van der Waals surface area (Å²) in [5.74, 6) is 1.72. The van der Waals surface area contributed by atoms with Gasteiger partial charge in [0.1, 0.15) is 35.1 Å². The van der Waals surface area contributed by atoms with E-state index in [2.05, 4.69) is 20.4 Å². The van der Waals surface area contributed by atoms with Crippen LogP contribution in [0.3, 0.4) is 0 Å². The summed E-state index contributed by atoms with van der Waals surface area (Å²) in [5, 5.41) is 13.8. The van der Waals surface area contributed by atoms with Crippen molar-refractivity contribution < 1.29 is 13.7 Å². The molecular formula is C26H27FN6O2. The van der Waals surface area contributed by atoms with Crippen molar-refractivity contribution in [2.75, 3.05) is 12.4 Å². The van der Waals surface area contributed by atoms with Gasteiger partial charge in [-0.25, -0.2) is 14.4 Å². The van der Waals surface area contributed by atoms with E-state index in [-0.39, 0.29) is 12.4 Å². The molecule has 2 heterocycles. The number of aromatic nitrogens is 3. The van der Waals surface area contributed by atoms with E-state index in [0.717, 1.165) is 22.7 Å². The van der Waals surface area contributed by atoms with Crippen LogP contribution in [0, 0.1) is 12.7 Å². The minimum Gasteiger partial charge on any atom is -0.497 e. The third-order valence-electron chi connectivity index (χ3n) is 5.35. The minimum absolute atomic E-state index is 0.255. The Morgan fingerprint density at radius 3 is 2.63 bits per heavy atom. The van der Waals surface area contributed by atoms with E-state index in [1.807, 2.05) is 38.1 Å². The quantitative estimate of drug-likeness (QED) is 0.257. The van der Waals surface area contributed by atoms with Gasteiger partial charge in [0.25, 0.3) is 0 Å². The lowest BCUT2D eigenvalue weighted by atomic mass is 10.2. The normalized spacial score (nSPS) is 11.4. The molecule has 4 rings (SSSR count). The number of anilines is 1. The van der Waals surface area contributed by atoms with Gasteiger partial charge in [0, 0.05) is 29.9 Å². The standard InChI is InChI=1S/C26H27FN6O2/c1-18-14-28-26(30-25(18)29-15-20-8-10-23(34-3)11-9-20)19(2)31-33(17-22-12-13-35-32-22)16-21-6-4-5-7-24(21)27/h4-14H,15-17H2,1-3H3,(H,28,29,30)/b31-19+. The largest absolute Gasteiger partial charge is 0.497 e. The monoisotopic (exact) mass is 474 g/mol. The van der Waals surface area contributed by atoms with Crippen LogP contribution < -0.4 is 10.1 Å². The Labute approximate surface area is 203 Å². The topological polar surface area (TPSA) is 88.7 Å². The molecule has 35 heavy (non-hydrogen) atoms. The molecule has 0 radical (unpaired) electrons. The van der Waals surface area contributed by atoms with E-state index in [1.54, 1.807) is 42.6 Å². The molecular weight excluding hydrogens is 447 g/mol. The van der Waals surface area contributed by atoms with Crippen LogP contribution in [-0.4, -0.2) is 33.0 Å². The average molecular weight is 475 g/mol. The Morgan fingerprint density at radius 2 is 1.91 bits per heavy atom. The highest BCUT2D eigenvalue weighted by Crippen LogP contribution is 2.17. The number of benzene rings is 2. The van der Waals surface area contributed by atoms with Crippen molar-refractivity contribution in [1.29, 1.82) is 0 Å². The van der Waals surface area contributed by atoms with Crippen LogP contribution in [0.5, 0.6) is 5.75 Å². The number of halogens is 1. The van der Waals surface area contributed by atoms with Gasteiger partial charge in [0.15, 0.2) is 5.82 Å². The summed E-state index contributed by atoms with van der Waals surface area (Å²) in [5.41, 5.74) is 3.82. The zero-order chi connectivity index (χ0) is 24.6. The second kappa shape index (κ2) is 11.2. The molecule has 0 bridgehead atoms. The Morgan fingerprint density at radius 1 is 1.11 bits per heavy atom. The molecule has 0 saturated heterocycles. The molecule has 0 spiro atoms. The van der Waals surface area contributed by atoms with Gasteiger partial charge >= 0.3 is 0 Å². The van der Waals surface area contributed by atoms with Crippen LogP contribution in [0.15, 0.2) is 76.7 Å². The Kier molecular flexibility index (Phi) is 7.67. The highest BCUT2D eigenvalue weighted by molar-refractivity contribution is 5.95. The number of aryl methyl sites for hydroxylation is 1. The van der Waals surface area contributed by atoms with E-state index in [4.69, 9.17) is 14.4 Å². The Hall–Kier alpha value is -4.27. The van der Waals surface area contributed by atoms with Crippen molar-refractivity contribution in [1.82, 2.24) is 20.1 Å². The van der Waals surface area contributed by atoms with Crippen LogP contribution in [0.1, 0.15) is 35.1 Å². The Balaban J connectivity index is 1.53. The first-order chi connectivity index (χ1) is 17.0. The van der Waals surface area contributed by atoms with Crippen LogP contribution in [0.25, 0.3) is 0 Å². The maximum Gasteiger partial charge on any atom is 0.177 e. The van der Waals surface area contributed by atoms with E-state index < -0.39 is 0 Å². The van der Waals surface area contributed by atoms with Crippen molar-refractivity contribution in [3.63, 3.8) is 0 Å². The molecule has 0 amide bonds. The van der Waals surface area contributed by atoms with Gasteiger partial charge in [-0.05, 0) is 37.6 Å². The van der Waals surface area contributed by atoms with Crippen LogP contribution in [-0.2, 0) is 19.6 Å². The van der Waals surface area contributed by atoms with Gasteiger partial charge in [-0.1, -0.05) is 35.5 Å². The summed E-state index contributed by atoms with van der Waals surface area (Å²) in [6, 6.07) is 16.2. The predicted molar refractivity (Wildman–Crippen MR) is 131 cm³/mol. The first-order valence-electron chi connectivity index (χ1n) is 11.2. The fourth-order valence-electron chi connectivity index (χ4n) is 3.44. The van der Waals surface area contributed by atoms with E-state index in [1.165, 1.54) is 12.3 Å². The van der Waals surface area contributed by atoms with Crippen molar-refractivity contribution >= 4 is 11.5 Å². The number of rotatable bonds is 10. The highest BCUT2D eigenvalue weighted by atomic mass is 19.1. The lowest BCUT2D eigenvalue weighted by Gasteiger charge is -2.19. The van der Waals surface area contributed by atoms with Gasteiger partial charge < -0.3 is 14.6 Å². The number of hydrogen-bond acceptors (Lipinski definition) is 8. The molecule has 8 nitrogen and oxygen atoms in total. The zero-order valence-corrected chi connectivity index (χ0v) is 19.9. The zero-order valence-electron chi connectivity index (χ0n) is 19.9. The fourth-order valence-corrected chi connectivity index (χ4v) is 3.44. The highest BCUT2D eigenvalue weighted by Gasteiger charge is 2.13. The first-order valence-corrected chi connectivity index (χ1v) is 11.2. The summed E-state index contributed by atoms with van der Waals surface area (Å²) in [6.07, 6.45) is 3.26. The van der Waals surface area contributed by atoms with Crippen LogP contribution in [0.4, 0.5) is 10.2 Å². The molecule has 2 aromatic heterocycles. The average Bonchev–Trinajstić information content (AvgIpc) is 3.38. The molecule has 1 N–H and O–H groups in total. The van der Waals surface area contributed by atoms with Crippen molar-refractivity contribution in [3.05, 3.63) is 101 Å². The van der Waals surface area contributed by atoms with E-state index in [0.29, 0.717) is 35.9 Å². The molecule has 0 aliphatic rings. The van der Waals surface area contributed by atoms with Gasteiger partial charge in [0.05, 0.1) is 20.2 Å². The lowest BCUT2D eigenvalue weighted by Crippen LogP contribution is -2.20. The van der Waals surface area contributed by atoms with Gasteiger partial charge in [0.2, 0.25) is 0 Å². The number of ether oxygens (including phenoxy) is 1. The second-order valence-corrected chi connectivity index (χ2v) is 8.02. The number of hydrazone groups is 1. The number of methoxy groups -OCH3 is 1. The summed E-state index contributed by atoms with van der Waals surface area (Å²) in [6.45, 7) is 4.97. The lowest BCUT2D eigenvalue weighted by molar-refractivity contribution is 0.257. The van der Waals surface area contributed by atoms with Crippen molar-refractivity contribution in [3.8, 4) is 5.75 Å². The molecule has 180 valence electrons. The molecule has 0 saturated carbocycles. The number of nitrogens with one attached hydrogen (secondary N) is 1. The van der Waals surface area contributed by atoms with Gasteiger partial charge in [-0.15, -0.1) is 0 Å². The maximum atomic E-state index is 14.3. The predicted octanol–water partition coefficient (Wildman–Crippen LogP) is 4.96. The fraction of sp³-hybridized carbons (Fsp3) is 0.231. The van der Waals surface area contributed by atoms with E-state index in [9.17, 15) is 4.39 Å². The first kappa shape index (κ1) is 23.9. The third kappa shape index (κ3) is 6.41. The molecule has 4 aromatic rings. The van der Waals surface area contributed by atoms with Crippen molar-refractivity contribution in [2.45, 2.75) is 33.5 Å².